The molecule has 2 N–H and O–H groups in total. The minimum absolute atomic E-state index is 0.000836. The average molecular weight is 530 g/mol. The largest absolute Gasteiger partial charge is 0.454 e. The molecule has 0 bridgehead atoms. The number of non-ortho nitro benzene ring substituents is 1. The molecule has 2 amide bonds. The smallest absolute Gasteiger partial charge is 0.271 e. The monoisotopic (exact) mass is 529 g/mol. The highest BCUT2D eigenvalue weighted by Gasteiger charge is 2.30. The number of anilines is 3. The van der Waals surface area contributed by atoms with Gasteiger partial charge in [-0.1, -0.05) is 0 Å². The number of nitro groups is 1. The van der Waals surface area contributed by atoms with Crippen LogP contribution in [0.3, 0.4) is 0 Å². The number of benzene rings is 3. The van der Waals surface area contributed by atoms with Gasteiger partial charge in [-0.3, -0.25) is 19.7 Å². The zero-order valence-electron chi connectivity index (χ0n) is 21.7. The molecule has 0 saturated heterocycles. The van der Waals surface area contributed by atoms with Crippen molar-refractivity contribution in [1.29, 1.82) is 0 Å². The molecule has 200 valence electrons. The maximum atomic E-state index is 13.2. The van der Waals surface area contributed by atoms with Crippen LogP contribution in [0.1, 0.15) is 17.5 Å². The van der Waals surface area contributed by atoms with Crippen molar-refractivity contribution < 1.29 is 24.0 Å². The van der Waals surface area contributed by atoms with E-state index in [2.05, 4.69) is 10.6 Å². The predicted octanol–water partition coefficient (Wildman–Crippen LogP) is 4.17. The predicted molar refractivity (Wildman–Crippen MR) is 148 cm³/mol. The molecule has 2 aliphatic rings. The van der Waals surface area contributed by atoms with Gasteiger partial charge in [0, 0.05) is 54.6 Å². The highest BCUT2D eigenvalue weighted by atomic mass is 16.7. The van der Waals surface area contributed by atoms with Gasteiger partial charge in [0.05, 0.1) is 21.9 Å². The molecule has 2 aliphatic heterocycles. The molecule has 0 aromatic heterocycles. The summed E-state index contributed by atoms with van der Waals surface area (Å²) in [6, 6.07) is 16.9. The topological polar surface area (TPSA) is 126 Å². The Labute approximate surface area is 224 Å². The molecule has 5 rings (SSSR count). The first-order valence-electron chi connectivity index (χ1n) is 12.2. The number of ether oxygens (including phenoxy) is 2. The van der Waals surface area contributed by atoms with Gasteiger partial charge in [-0.05, 0) is 62.6 Å². The molecule has 0 fully saturated rings. The summed E-state index contributed by atoms with van der Waals surface area (Å²) in [7, 11) is 5.58. The number of rotatable bonds is 8. The first-order chi connectivity index (χ1) is 18.7. The molecule has 39 heavy (non-hydrogen) atoms. The Morgan fingerprint density at radius 3 is 2.49 bits per heavy atom. The summed E-state index contributed by atoms with van der Waals surface area (Å²) >= 11 is 0. The molecule has 2 heterocycles. The minimum Gasteiger partial charge on any atom is -0.454 e. The van der Waals surface area contributed by atoms with Gasteiger partial charge in [0.25, 0.3) is 11.6 Å². The zero-order chi connectivity index (χ0) is 27.7. The number of carbonyl (C=O) groups is 2. The summed E-state index contributed by atoms with van der Waals surface area (Å²) < 4.78 is 11.0. The molecule has 3 aromatic rings. The number of hydrogen-bond acceptors (Lipinski definition) is 8. The highest BCUT2D eigenvalue weighted by molar-refractivity contribution is 6.37. The third kappa shape index (κ3) is 5.25. The van der Waals surface area contributed by atoms with E-state index in [-0.39, 0.29) is 18.4 Å². The van der Waals surface area contributed by atoms with Crippen LogP contribution in [0.5, 0.6) is 11.5 Å². The molecule has 11 heteroatoms. The average Bonchev–Trinajstić information content (AvgIpc) is 3.52. The van der Waals surface area contributed by atoms with Crippen molar-refractivity contribution in [3.8, 4) is 11.5 Å². The second-order valence-corrected chi connectivity index (χ2v) is 9.44. The third-order valence-electron chi connectivity index (χ3n) is 6.54. The molecule has 11 nitrogen and oxygen atoms in total. The van der Waals surface area contributed by atoms with Crippen LogP contribution in [0.4, 0.5) is 22.7 Å². The minimum atomic E-state index is -0.505. The van der Waals surface area contributed by atoms with E-state index in [0.29, 0.717) is 58.2 Å². The van der Waals surface area contributed by atoms with E-state index in [1.807, 2.05) is 49.3 Å². The van der Waals surface area contributed by atoms with Gasteiger partial charge in [-0.15, -0.1) is 0 Å². The number of amides is 2. The van der Waals surface area contributed by atoms with Crippen molar-refractivity contribution in [2.24, 2.45) is 0 Å². The fraction of sp³-hybridized carbons (Fsp3) is 0.214. The van der Waals surface area contributed by atoms with Crippen molar-refractivity contribution in [3.05, 3.63) is 81.9 Å². The number of nitrogens with zero attached hydrogens (tertiary/aromatic N) is 3. The lowest BCUT2D eigenvalue weighted by Gasteiger charge is -2.20. The summed E-state index contributed by atoms with van der Waals surface area (Å²) in [4.78, 5) is 40.1. The molecular weight excluding hydrogens is 502 g/mol. The number of hydrogen-bond donors (Lipinski definition) is 2. The quantitative estimate of drug-likeness (QED) is 0.253. The van der Waals surface area contributed by atoms with Crippen LogP contribution in [-0.4, -0.2) is 56.1 Å². The number of fused-ring (bicyclic) bond motifs is 2. The maximum Gasteiger partial charge on any atom is 0.271 e. The van der Waals surface area contributed by atoms with E-state index in [4.69, 9.17) is 9.47 Å². The SMILES string of the molecule is CN(C)CCC(=O)N(C)c1ccc(N/C(=C2\C(=O)Nc3cc([N+](=O)[O-])ccc32)c2ccc3c(c2)OCO3)cc1. The highest BCUT2D eigenvalue weighted by Crippen LogP contribution is 2.41. The van der Waals surface area contributed by atoms with Crippen molar-refractivity contribution in [2.45, 2.75) is 6.42 Å². The van der Waals surface area contributed by atoms with E-state index in [9.17, 15) is 19.7 Å². The standard InChI is InChI=1S/C28H27N5O6/c1-31(2)13-12-25(34)32(3)19-7-5-18(6-8-19)29-27(17-4-11-23-24(14-17)39-16-38-23)26-21-10-9-20(33(36)37)15-22(21)30-28(26)35/h4-11,14-15,29H,12-13,16H2,1-3H3,(H,30,35)/b27-26-. The Hall–Kier alpha value is -4.90. The Bertz CT molecular complexity index is 1500. The van der Waals surface area contributed by atoms with Crippen molar-refractivity contribution >= 4 is 45.8 Å². The van der Waals surface area contributed by atoms with Crippen molar-refractivity contribution in [2.75, 3.05) is 50.0 Å². The number of nitro benzene ring substituents is 1. The summed E-state index contributed by atoms with van der Waals surface area (Å²) in [5.41, 5.74) is 3.67. The van der Waals surface area contributed by atoms with E-state index in [1.165, 1.54) is 12.1 Å². The van der Waals surface area contributed by atoms with Crippen molar-refractivity contribution in [1.82, 2.24) is 4.90 Å². The Kier molecular flexibility index (Phi) is 6.90. The van der Waals surface area contributed by atoms with Gasteiger partial charge in [-0.2, -0.15) is 0 Å². The van der Waals surface area contributed by atoms with Crippen LogP contribution in [-0.2, 0) is 9.59 Å². The second kappa shape index (κ2) is 10.5. The molecular formula is C28H27N5O6. The first-order valence-corrected chi connectivity index (χ1v) is 12.2. The number of nitrogens with one attached hydrogen (secondary N) is 2. The molecule has 0 saturated carbocycles. The van der Waals surface area contributed by atoms with E-state index < -0.39 is 10.8 Å². The third-order valence-corrected chi connectivity index (χ3v) is 6.54. The van der Waals surface area contributed by atoms with Crippen LogP contribution in [0, 0.1) is 10.1 Å². The number of carbonyl (C=O) groups excluding carboxylic acids is 2. The normalized spacial score (nSPS) is 14.6. The van der Waals surface area contributed by atoms with Gasteiger partial charge >= 0.3 is 0 Å². The second-order valence-electron chi connectivity index (χ2n) is 9.44. The molecule has 3 aromatic carbocycles. The van der Waals surface area contributed by atoms with Gasteiger partial charge in [0.2, 0.25) is 12.7 Å². The van der Waals surface area contributed by atoms with Crippen LogP contribution in [0.25, 0.3) is 11.3 Å². The maximum absolute atomic E-state index is 13.2. The summed E-state index contributed by atoms with van der Waals surface area (Å²) in [5.74, 6) is 0.749. The van der Waals surface area contributed by atoms with Crippen LogP contribution in [0.2, 0.25) is 0 Å². The van der Waals surface area contributed by atoms with Gasteiger partial charge in [0.15, 0.2) is 11.5 Å². The lowest BCUT2D eigenvalue weighted by molar-refractivity contribution is -0.384. The van der Waals surface area contributed by atoms with Gasteiger partial charge in [-0.25, -0.2) is 0 Å². The lowest BCUT2D eigenvalue weighted by atomic mass is 9.99. The summed E-state index contributed by atoms with van der Waals surface area (Å²) in [5, 5.41) is 17.4. The fourth-order valence-corrected chi connectivity index (χ4v) is 4.40. The first kappa shape index (κ1) is 25.7. The Morgan fingerprint density at radius 2 is 1.77 bits per heavy atom. The fourth-order valence-electron chi connectivity index (χ4n) is 4.40. The summed E-state index contributed by atoms with van der Waals surface area (Å²) in [6.07, 6.45) is 0.399. The molecule has 0 radical (unpaired) electrons. The molecule has 0 unspecified atom stereocenters. The van der Waals surface area contributed by atoms with Crippen LogP contribution < -0.4 is 25.0 Å². The lowest BCUT2D eigenvalue weighted by Crippen LogP contribution is -2.29. The van der Waals surface area contributed by atoms with E-state index >= 15 is 0 Å². The van der Waals surface area contributed by atoms with Gasteiger partial charge in [0.1, 0.15) is 0 Å². The Balaban J connectivity index is 1.51. The Morgan fingerprint density at radius 1 is 1.03 bits per heavy atom. The van der Waals surface area contributed by atoms with Crippen LogP contribution in [0.15, 0.2) is 60.7 Å². The van der Waals surface area contributed by atoms with Crippen molar-refractivity contribution in [3.63, 3.8) is 0 Å². The van der Waals surface area contributed by atoms with E-state index in [1.54, 1.807) is 30.1 Å². The molecule has 0 atom stereocenters. The van der Waals surface area contributed by atoms with E-state index in [0.717, 1.165) is 5.69 Å². The molecule has 0 spiro atoms. The van der Waals surface area contributed by atoms with Crippen LogP contribution >= 0.6 is 0 Å². The zero-order valence-corrected chi connectivity index (χ0v) is 21.7. The van der Waals surface area contributed by atoms with Gasteiger partial charge < -0.3 is 29.9 Å². The summed E-state index contributed by atoms with van der Waals surface area (Å²) in [6.45, 7) is 0.759. The molecule has 0 aliphatic carbocycles.